The zero-order chi connectivity index (χ0) is 12.8. The Balaban J connectivity index is 2.70. The summed E-state index contributed by atoms with van der Waals surface area (Å²) in [5.74, 6) is 0. The molecule has 0 aliphatic carbocycles. The summed E-state index contributed by atoms with van der Waals surface area (Å²) < 4.78 is 4.26. The zero-order valence-electron chi connectivity index (χ0n) is 10.5. The van der Waals surface area contributed by atoms with Crippen LogP contribution in [0.5, 0.6) is 0 Å². The van der Waals surface area contributed by atoms with E-state index >= 15 is 0 Å². The summed E-state index contributed by atoms with van der Waals surface area (Å²) in [5, 5.41) is 0. The highest BCUT2D eigenvalue weighted by molar-refractivity contribution is 14.1. The number of nitrogens with zero attached hydrogens (tertiary/aromatic N) is 1. The Labute approximate surface area is 121 Å². The summed E-state index contributed by atoms with van der Waals surface area (Å²) in [6.45, 7) is 8.95. The van der Waals surface area contributed by atoms with Crippen molar-refractivity contribution in [3.05, 3.63) is 26.5 Å². The largest absolute Gasteiger partial charge is 0.331 e. The topological polar surface area (TPSA) is 20.7 Å². The van der Waals surface area contributed by atoms with Crippen molar-refractivity contribution >= 4 is 45.8 Å². The van der Waals surface area contributed by atoms with Crippen LogP contribution in [0.15, 0.2) is 18.2 Å². The van der Waals surface area contributed by atoms with Crippen molar-refractivity contribution in [1.29, 1.82) is 0 Å². The van der Waals surface area contributed by atoms with E-state index in [1.165, 1.54) is 9.09 Å². The van der Waals surface area contributed by atoms with Crippen LogP contribution in [0.1, 0.15) is 33.7 Å². The minimum Gasteiger partial charge on any atom is -0.331 e. The van der Waals surface area contributed by atoms with E-state index in [4.69, 9.17) is 12.2 Å². The molecule has 0 radical (unpaired) electrons. The van der Waals surface area contributed by atoms with Gasteiger partial charge in [-0.1, -0.05) is 20.8 Å². The highest BCUT2D eigenvalue weighted by atomic mass is 127. The van der Waals surface area contributed by atoms with Gasteiger partial charge in [0, 0.05) is 9.61 Å². The normalized spacial score (nSPS) is 14.2. The van der Waals surface area contributed by atoms with Crippen molar-refractivity contribution in [3.63, 3.8) is 0 Å². The van der Waals surface area contributed by atoms with Crippen LogP contribution in [-0.2, 0) is 0 Å². The molecule has 2 rings (SSSR count). The number of fused-ring (bicyclic) bond motifs is 1. The van der Waals surface area contributed by atoms with Gasteiger partial charge in [-0.3, -0.25) is 0 Å². The molecule has 0 bridgehead atoms. The molecule has 1 N–H and O–H groups in total. The van der Waals surface area contributed by atoms with Crippen LogP contribution in [0.2, 0.25) is 0 Å². The molecule has 0 saturated carbocycles. The van der Waals surface area contributed by atoms with Crippen molar-refractivity contribution in [2.45, 2.75) is 33.7 Å². The van der Waals surface area contributed by atoms with E-state index in [1.54, 1.807) is 0 Å². The number of benzene rings is 1. The van der Waals surface area contributed by atoms with Crippen LogP contribution in [0, 0.1) is 13.8 Å². The lowest BCUT2D eigenvalue weighted by Crippen LogP contribution is -2.21. The molecular formula is C13H17IN2S. The first-order valence-electron chi connectivity index (χ1n) is 5.70. The zero-order valence-corrected chi connectivity index (χ0v) is 13.5. The summed E-state index contributed by atoms with van der Waals surface area (Å²) in [6.07, 6.45) is 0. The Bertz CT molecular complexity index is 604. The second kappa shape index (κ2) is 4.39. The fourth-order valence-corrected chi connectivity index (χ4v) is 2.73. The Morgan fingerprint density at radius 1 is 1.35 bits per heavy atom. The predicted molar refractivity (Wildman–Crippen MR) is 84.0 cm³/mol. The van der Waals surface area contributed by atoms with Gasteiger partial charge in [0.25, 0.3) is 0 Å². The number of rotatable bonds is 1. The molecule has 1 aromatic heterocycles. The lowest BCUT2D eigenvalue weighted by atomic mass is 9.88. The summed E-state index contributed by atoms with van der Waals surface area (Å²) in [4.78, 5) is 3.29. The molecule has 92 valence electrons. The summed E-state index contributed by atoms with van der Waals surface area (Å²) >= 11 is 7.77. The highest BCUT2D eigenvalue weighted by Crippen LogP contribution is 2.33. The van der Waals surface area contributed by atoms with Crippen LogP contribution in [-0.4, -0.2) is 9.55 Å². The van der Waals surface area contributed by atoms with Crippen LogP contribution >= 0.6 is 34.8 Å². The lowest BCUT2D eigenvalue weighted by molar-refractivity contribution is 0.265. The number of imidazole rings is 1. The maximum Gasteiger partial charge on any atom is 0.178 e. The van der Waals surface area contributed by atoms with Crippen LogP contribution < -0.4 is 0 Å². The molecule has 0 spiro atoms. The third-order valence-corrected chi connectivity index (χ3v) is 4.29. The van der Waals surface area contributed by atoms with Gasteiger partial charge < -0.3 is 9.55 Å². The standard InChI is InChI=1S/C13H17IN2S/c1-8(13(2,3)4)16-11-6-5-9(14)7-10(11)15-12(16)17/h5-8H,1-4H3,(H,15,17). The first-order chi connectivity index (χ1) is 7.80. The third-order valence-electron chi connectivity index (χ3n) is 3.32. The van der Waals surface area contributed by atoms with E-state index in [9.17, 15) is 0 Å². The van der Waals surface area contributed by atoms with Crippen molar-refractivity contribution < 1.29 is 0 Å². The van der Waals surface area contributed by atoms with E-state index in [2.05, 4.69) is 78.0 Å². The number of H-pyrrole nitrogens is 1. The van der Waals surface area contributed by atoms with Gasteiger partial charge in [-0.15, -0.1) is 0 Å². The van der Waals surface area contributed by atoms with Crippen molar-refractivity contribution in [1.82, 2.24) is 9.55 Å². The first kappa shape index (κ1) is 13.1. The van der Waals surface area contributed by atoms with E-state index < -0.39 is 0 Å². The van der Waals surface area contributed by atoms with Crippen molar-refractivity contribution in [2.24, 2.45) is 5.41 Å². The van der Waals surface area contributed by atoms with Gasteiger partial charge in [0.2, 0.25) is 0 Å². The maximum atomic E-state index is 5.45. The summed E-state index contributed by atoms with van der Waals surface area (Å²) in [6, 6.07) is 6.77. The number of aromatic amines is 1. The van der Waals surface area contributed by atoms with E-state index in [1.807, 2.05) is 0 Å². The van der Waals surface area contributed by atoms with Crippen LogP contribution in [0.25, 0.3) is 11.0 Å². The molecule has 0 fully saturated rings. The van der Waals surface area contributed by atoms with Gasteiger partial charge in [-0.25, -0.2) is 0 Å². The van der Waals surface area contributed by atoms with E-state index in [-0.39, 0.29) is 5.41 Å². The minimum absolute atomic E-state index is 0.191. The molecule has 4 heteroatoms. The molecule has 1 unspecified atom stereocenters. The Morgan fingerprint density at radius 2 is 2.00 bits per heavy atom. The van der Waals surface area contributed by atoms with E-state index in [0.717, 1.165) is 10.3 Å². The first-order valence-corrected chi connectivity index (χ1v) is 7.19. The predicted octanol–water partition coefficient (Wildman–Crippen LogP) is 4.91. The Hall–Kier alpha value is -0.360. The highest BCUT2D eigenvalue weighted by Gasteiger charge is 2.23. The number of aromatic nitrogens is 2. The van der Waals surface area contributed by atoms with Crippen molar-refractivity contribution in [3.8, 4) is 0 Å². The molecule has 1 atom stereocenters. The fourth-order valence-electron chi connectivity index (χ4n) is 1.88. The molecule has 0 amide bonds. The quantitative estimate of drug-likeness (QED) is 0.566. The second-order valence-corrected chi connectivity index (χ2v) is 7.14. The van der Waals surface area contributed by atoms with Gasteiger partial charge in [-0.2, -0.15) is 0 Å². The molecular weight excluding hydrogens is 343 g/mol. The molecule has 0 aliphatic rings. The molecule has 17 heavy (non-hydrogen) atoms. The number of hydrogen-bond donors (Lipinski definition) is 1. The number of hydrogen-bond acceptors (Lipinski definition) is 1. The third kappa shape index (κ3) is 2.42. The van der Waals surface area contributed by atoms with Gasteiger partial charge in [0.1, 0.15) is 0 Å². The Kier molecular flexibility index (Phi) is 3.38. The van der Waals surface area contributed by atoms with E-state index in [0.29, 0.717) is 6.04 Å². The molecule has 1 heterocycles. The fraction of sp³-hybridized carbons (Fsp3) is 0.462. The number of nitrogens with one attached hydrogen (secondary N) is 1. The van der Waals surface area contributed by atoms with Gasteiger partial charge in [0.05, 0.1) is 11.0 Å². The molecule has 1 aromatic carbocycles. The number of halogens is 1. The monoisotopic (exact) mass is 360 g/mol. The van der Waals surface area contributed by atoms with Crippen LogP contribution in [0.3, 0.4) is 0 Å². The molecule has 2 nitrogen and oxygen atoms in total. The van der Waals surface area contributed by atoms with Crippen molar-refractivity contribution in [2.75, 3.05) is 0 Å². The Morgan fingerprint density at radius 3 is 2.59 bits per heavy atom. The smallest absolute Gasteiger partial charge is 0.178 e. The summed E-state index contributed by atoms with van der Waals surface area (Å²) in [5.41, 5.74) is 2.51. The average molecular weight is 360 g/mol. The SMILES string of the molecule is CC(n1c(=S)[nH]c2cc(I)ccc21)C(C)(C)C. The molecule has 0 aliphatic heterocycles. The molecule has 0 saturated heterocycles. The minimum atomic E-state index is 0.191. The summed E-state index contributed by atoms with van der Waals surface area (Å²) in [7, 11) is 0. The van der Waals surface area contributed by atoms with Gasteiger partial charge in [0.15, 0.2) is 4.77 Å². The lowest BCUT2D eigenvalue weighted by Gasteiger charge is -2.29. The average Bonchev–Trinajstić information content (AvgIpc) is 2.50. The molecule has 2 aromatic rings. The van der Waals surface area contributed by atoms with Gasteiger partial charge >= 0.3 is 0 Å². The van der Waals surface area contributed by atoms with Crippen LogP contribution in [0.4, 0.5) is 0 Å². The van der Waals surface area contributed by atoms with Gasteiger partial charge in [-0.05, 0) is 65.3 Å². The second-order valence-electron chi connectivity index (χ2n) is 5.50. The maximum absolute atomic E-state index is 5.45.